The van der Waals surface area contributed by atoms with Crippen LogP contribution in [0.3, 0.4) is 0 Å². The fourth-order valence-electron chi connectivity index (χ4n) is 4.37. The van der Waals surface area contributed by atoms with Gasteiger partial charge in [-0.3, -0.25) is 4.90 Å². The predicted octanol–water partition coefficient (Wildman–Crippen LogP) is 4.35. The molecule has 1 saturated heterocycles. The van der Waals surface area contributed by atoms with E-state index in [2.05, 4.69) is 53.2 Å². The molecular formula is C24H29N3O3. The number of hydrogen-bond acceptors (Lipinski definition) is 4. The third-order valence-corrected chi connectivity index (χ3v) is 5.85. The molecule has 1 aliphatic heterocycles. The van der Waals surface area contributed by atoms with Crippen LogP contribution < -0.4 is 4.74 Å². The molecule has 2 aromatic carbocycles. The predicted molar refractivity (Wildman–Crippen MR) is 118 cm³/mol. The Morgan fingerprint density at radius 3 is 2.43 bits per heavy atom. The van der Waals surface area contributed by atoms with Crippen LogP contribution in [0.5, 0.6) is 5.75 Å². The number of nitrogens with one attached hydrogen (secondary N) is 1. The van der Waals surface area contributed by atoms with Crippen molar-refractivity contribution in [1.29, 1.82) is 0 Å². The van der Waals surface area contributed by atoms with Crippen LogP contribution in [-0.2, 0) is 4.74 Å². The van der Waals surface area contributed by atoms with Crippen LogP contribution in [0.25, 0.3) is 10.9 Å². The quantitative estimate of drug-likeness (QED) is 0.683. The van der Waals surface area contributed by atoms with Crippen molar-refractivity contribution >= 4 is 17.0 Å². The highest BCUT2D eigenvalue weighted by Gasteiger charge is 2.31. The van der Waals surface area contributed by atoms with Crippen LogP contribution in [0.2, 0.25) is 0 Å². The lowest BCUT2D eigenvalue weighted by molar-refractivity contribution is 0.0716. The van der Waals surface area contributed by atoms with Crippen LogP contribution >= 0.6 is 0 Å². The smallest absolute Gasteiger partial charge is 0.409 e. The number of piperazine rings is 1. The van der Waals surface area contributed by atoms with Crippen molar-refractivity contribution in [2.24, 2.45) is 0 Å². The third-order valence-electron chi connectivity index (χ3n) is 5.85. The molecule has 0 saturated carbocycles. The highest BCUT2D eigenvalue weighted by Crippen LogP contribution is 2.37. The minimum absolute atomic E-state index is 0.0939. The molecular weight excluding hydrogens is 378 g/mol. The summed E-state index contributed by atoms with van der Waals surface area (Å²) in [6, 6.07) is 16.9. The van der Waals surface area contributed by atoms with Gasteiger partial charge in [-0.1, -0.05) is 30.3 Å². The number of H-pyrrole nitrogens is 1. The SMILES string of the molecule is CCOC(=O)N1CCN(C(c2ccc(OC)cc2)c2c(C)[nH]c3ccccc23)CC1. The first-order chi connectivity index (χ1) is 14.6. The molecule has 1 amide bonds. The minimum Gasteiger partial charge on any atom is -0.497 e. The highest BCUT2D eigenvalue weighted by molar-refractivity contribution is 5.85. The van der Waals surface area contributed by atoms with Gasteiger partial charge in [0.25, 0.3) is 0 Å². The molecule has 1 aromatic heterocycles. The van der Waals surface area contributed by atoms with Gasteiger partial charge in [0, 0.05) is 48.3 Å². The molecule has 158 valence electrons. The fourth-order valence-corrected chi connectivity index (χ4v) is 4.37. The number of aromatic amines is 1. The summed E-state index contributed by atoms with van der Waals surface area (Å²) in [5.41, 5.74) is 4.83. The molecule has 1 unspecified atom stereocenters. The monoisotopic (exact) mass is 407 g/mol. The lowest BCUT2D eigenvalue weighted by Gasteiger charge is -2.39. The molecule has 2 heterocycles. The van der Waals surface area contributed by atoms with Gasteiger partial charge in [0.05, 0.1) is 19.8 Å². The van der Waals surface area contributed by atoms with E-state index in [1.165, 1.54) is 22.2 Å². The molecule has 0 radical (unpaired) electrons. The third kappa shape index (κ3) is 3.87. The number of rotatable bonds is 5. The van der Waals surface area contributed by atoms with Crippen molar-refractivity contribution in [2.45, 2.75) is 19.9 Å². The second kappa shape index (κ2) is 8.79. The number of fused-ring (bicyclic) bond motifs is 1. The molecule has 4 rings (SSSR count). The number of aryl methyl sites for hydroxylation is 1. The van der Waals surface area contributed by atoms with E-state index < -0.39 is 0 Å². The van der Waals surface area contributed by atoms with Gasteiger partial charge in [-0.25, -0.2) is 4.79 Å². The van der Waals surface area contributed by atoms with Crippen molar-refractivity contribution in [2.75, 3.05) is 39.9 Å². The van der Waals surface area contributed by atoms with Crippen molar-refractivity contribution < 1.29 is 14.3 Å². The van der Waals surface area contributed by atoms with Crippen molar-refractivity contribution in [3.8, 4) is 5.75 Å². The lowest BCUT2D eigenvalue weighted by Crippen LogP contribution is -2.50. The number of carbonyl (C=O) groups excluding carboxylic acids is 1. The average molecular weight is 408 g/mol. The summed E-state index contributed by atoms with van der Waals surface area (Å²) in [4.78, 5) is 19.9. The summed E-state index contributed by atoms with van der Waals surface area (Å²) < 4.78 is 10.6. The molecule has 6 nitrogen and oxygen atoms in total. The molecule has 3 aromatic rings. The summed E-state index contributed by atoms with van der Waals surface area (Å²) in [6.07, 6.45) is -0.221. The number of aromatic nitrogens is 1. The topological polar surface area (TPSA) is 57.8 Å². The fraction of sp³-hybridized carbons (Fsp3) is 0.375. The number of hydrogen-bond donors (Lipinski definition) is 1. The summed E-state index contributed by atoms with van der Waals surface area (Å²) in [6.45, 7) is 7.28. The maximum atomic E-state index is 12.1. The van der Waals surface area contributed by atoms with E-state index in [4.69, 9.17) is 9.47 Å². The Hall–Kier alpha value is -2.99. The van der Waals surface area contributed by atoms with E-state index in [1.54, 1.807) is 12.0 Å². The Kier molecular flexibility index (Phi) is 5.95. The number of ether oxygens (including phenoxy) is 2. The van der Waals surface area contributed by atoms with Crippen molar-refractivity contribution in [3.63, 3.8) is 0 Å². The maximum Gasteiger partial charge on any atom is 0.409 e. The maximum absolute atomic E-state index is 12.1. The zero-order valence-electron chi connectivity index (χ0n) is 17.9. The molecule has 0 spiro atoms. The van der Waals surface area contributed by atoms with Gasteiger partial charge >= 0.3 is 6.09 Å². The zero-order chi connectivity index (χ0) is 21.1. The first kappa shape index (κ1) is 20.3. The first-order valence-corrected chi connectivity index (χ1v) is 10.5. The van der Waals surface area contributed by atoms with E-state index in [1.807, 2.05) is 19.1 Å². The van der Waals surface area contributed by atoms with Crippen LogP contribution in [0, 0.1) is 6.92 Å². The van der Waals surface area contributed by atoms with Crippen LogP contribution in [0.4, 0.5) is 4.79 Å². The number of benzene rings is 2. The molecule has 30 heavy (non-hydrogen) atoms. The second-order valence-corrected chi connectivity index (χ2v) is 7.61. The largest absolute Gasteiger partial charge is 0.497 e. The van der Waals surface area contributed by atoms with E-state index >= 15 is 0 Å². The van der Waals surface area contributed by atoms with Crippen molar-refractivity contribution in [3.05, 3.63) is 65.4 Å². The van der Waals surface area contributed by atoms with E-state index in [0.717, 1.165) is 24.4 Å². The number of para-hydroxylation sites is 1. The molecule has 1 aliphatic rings. The van der Waals surface area contributed by atoms with Gasteiger partial charge in [-0.2, -0.15) is 0 Å². The summed E-state index contributed by atoms with van der Waals surface area (Å²) in [5, 5.41) is 1.24. The van der Waals surface area contributed by atoms with E-state index in [-0.39, 0.29) is 12.1 Å². The molecule has 1 fully saturated rings. The number of nitrogens with zero attached hydrogens (tertiary/aromatic N) is 2. The van der Waals surface area contributed by atoms with Gasteiger partial charge in [0.2, 0.25) is 0 Å². The van der Waals surface area contributed by atoms with Gasteiger partial charge < -0.3 is 19.4 Å². The Labute approximate surface area is 177 Å². The van der Waals surface area contributed by atoms with Gasteiger partial charge in [0.15, 0.2) is 0 Å². The van der Waals surface area contributed by atoms with Crippen LogP contribution in [0.15, 0.2) is 48.5 Å². The summed E-state index contributed by atoms with van der Waals surface area (Å²) >= 11 is 0. The number of amides is 1. The van der Waals surface area contributed by atoms with Gasteiger partial charge in [-0.15, -0.1) is 0 Å². The minimum atomic E-state index is -0.221. The average Bonchev–Trinajstić information content (AvgIpc) is 3.11. The molecule has 1 atom stereocenters. The highest BCUT2D eigenvalue weighted by atomic mass is 16.6. The van der Waals surface area contributed by atoms with E-state index in [9.17, 15) is 4.79 Å². The molecule has 6 heteroatoms. The number of carbonyl (C=O) groups is 1. The Morgan fingerprint density at radius 2 is 1.77 bits per heavy atom. The Bertz CT molecular complexity index is 1000. The van der Waals surface area contributed by atoms with Gasteiger partial charge in [-0.05, 0) is 37.6 Å². The lowest BCUT2D eigenvalue weighted by atomic mass is 9.94. The van der Waals surface area contributed by atoms with E-state index in [0.29, 0.717) is 19.7 Å². The summed E-state index contributed by atoms with van der Waals surface area (Å²) in [7, 11) is 1.69. The van der Waals surface area contributed by atoms with Crippen LogP contribution in [-0.4, -0.2) is 60.8 Å². The standard InChI is InChI=1S/C24H29N3O3/c1-4-30-24(28)27-15-13-26(14-16-27)23(18-9-11-19(29-3)12-10-18)22-17(2)25-21-8-6-5-7-20(21)22/h5-12,23,25H,4,13-16H2,1-3H3. The van der Waals surface area contributed by atoms with Crippen molar-refractivity contribution in [1.82, 2.24) is 14.8 Å². The Balaban J connectivity index is 1.70. The first-order valence-electron chi connectivity index (χ1n) is 10.5. The number of methoxy groups -OCH3 is 1. The molecule has 1 N–H and O–H groups in total. The normalized spacial score (nSPS) is 15.9. The zero-order valence-corrected chi connectivity index (χ0v) is 17.9. The molecule has 0 bridgehead atoms. The Morgan fingerprint density at radius 1 is 1.07 bits per heavy atom. The summed E-state index contributed by atoms with van der Waals surface area (Å²) in [5.74, 6) is 0.847. The second-order valence-electron chi connectivity index (χ2n) is 7.61. The van der Waals surface area contributed by atoms with Crippen LogP contribution in [0.1, 0.15) is 29.8 Å². The molecule has 0 aliphatic carbocycles. The van der Waals surface area contributed by atoms with Gasteiger partial charge in [0.1, 0.15) is 5.75 Å².